The lowest BCUT2D eigenvalue weighted by Crippen LogP contribution is -2.21. The van der Waals surface area contributed by atoms with Crippen molar-refractivity contribution in [2.75, 3.05) is 5.32 Å². The summed E-state index contributed by atoms with van der Waals surface area (Å²) in [5.74, 6) is -0.254. The van der Waals surface area contributed by atoms with E-state index >= 15 is 0 Å². The van der Waals surface area contributed by atoms with Gasteiger partial charge < -0.3 is 5.32 Å². The molecule has 102 valence electrons. The van der Waals surface area contributed by atoms with Gasteiger partial charge in [-0.1, -0.05) is 0 Å². The van der Waals surface area contributed by atoms with Gasteiger partial charge in [-0.25, -0.2) is 4.39 Å². The summed E-state index contributed by atoms with van der Waals surface area (Å²) in [6.45, 7) is 6.90. The maximum atomic E-state index is 13.2. The zero-order valence-electron chi connectivity index (χ0n) is 11.2. The van der Waals surface area contributed by atoms with Crippen molar-refractivity contribution in [3.63, 3.8) is 0 Å². The van der Waals surface area contributed by atoms with Crippen LogP contribution in [-0.4, -0.2) is 9.78 Å². The summed E-state index contributed by atoms with van der Waals surface area (Å²) in [4.78, 5) is 0. The number of anilines is 1. The molecule has 2 rings (SSSR count). The molecule has 0 saturated carbocycles. The molecule has 3 nitrogen and oxygen atoms in total. The van der Waals surface area contributed by atoms with E-state index in [-0.39, 0.29) is 11.4 Å². The Bertz CT molecular complexity index is 572. The average Bonchev–Trinajstić information content (AvgIpc) is 2.79. The number of halogens is 2. The first kappa shape index (κ1) is 14.1. The van der Waals surface area contributed by atoms with Gasteiger partial charge in [-0.05, 0) is 54.9 Å². The van der Waals surface area contributed by atoms with Crippen molar-refractivity contribution in [2.24, 2.45) is 0 Å². The van der Waals surface area contributed by atoms with Crippen LogP contribution in [0.3, 0.4) is 0 Å². The van der Waals surface area contributed by atoms with E-state index in [2.05, 4.69) is 47.1 Å². The van der Waals surface area contributed by atoms with Crippen LogP contribution in [0.2, 0.25) is 0 Å². The molecule has 5 heteroatoms. The van der Waals surface area contributed by atoms with Crippen molar-refractivity contribution < 1.29 is 4.39 Å². The molecule has 0 atom stereocenters. The van der Waals surface area contributed by atoms with E-state index in [0.29, 0.717) is 6.54 Å². The smallest absolute Gasteiger partial charge is 0.125 e. The summed E-state index contributed by atoms with van der Waals surface area (Å²) >= 11 is 3.39. The van der Waals surface area contributed by atoms with Crippen LogP contribution in [0.15, 0.2) is 35.1 Å². The molecule has 0 bridgehead atoms. The second kappa shape index (κ2) is 5.33. The lowest BCUT2D eigenvalue weighted by Gasteiger charge is -2.18. The van der Waals surface area contributed by atoms with Crippen molar-refractivity contribution in [1.29, 1.82) is 0 Å². The fourth-order valence-electron chi connectivity index (χ4n) is 1.65. The van der Waals surface area contributed by atoms with Gasteiger partial charge in [-0.2, -0.15) is 5.10 Å². The Hall–Kier alpha value is -1.36. The van der Waals surface area contributed by atoms with E-state index in [1.807, 2.05) is 17.1 Å². The molecule has 1 heterocycles. The Morgan fingerprint density at radius 2 is 2.11 bits per heavy atom. The molecule has 1 N–H and O–H groups in total. The maximum absolute atomic E-state index is 13.2. The Morgan fingerprint density at radius 1 is 1.37 bits per heavy atom. The summed E-state index contributed by atoms with van der Waals surface area (Å²) < 4.78 is 15.9. The number of aromatic nitrogens is 2. The molecule has 0 saturated heterocycles. The van der Waals surface area contributed by atoms with E-state index < -0.39 is 0 Å². The molecular weight excluding hydrogens is 309 g/mol. The summed E-state index contributed by atoms with van der Waals surface area (Å²) in [6, 6.07) is 4.58. The predicted molar refractivity (Wildman–Crippen MR) is 78.6 cm³/mol. The molecule has 0 aliphatic carbocycles. The molecule has 0 spiro atoms. The van der Waals surface area contributed by atoms with Crippen LogP contribution in [-0.2, 0) is 12.1 Å². The first-order valence-electron chi connectivity index (χ1n) is 6.09. The Labute approximate surface area is 121 Å². The number of nitrogens with one attached hydrogen (secondary N) is 1. The van der Waals surface area contributed by atoms with Gasteiger partial charge in [0.05, 0.1) is 17.4 Å². The highest BCUT2D eigenvalue weighted by molar-refractivity contribution is 9.10. The van der Waals surface area contributed by atoms with Gasteiger partial charge in [-0.3, -0.25) is 4.68 Å². The first-order chi connectivity index (χ1) is 8.86. The third-order valence-electron chi connectivity index (χ3n) is 2.73. The van der Waals surface area contributed by atoms with Crippen LogP contribution in [0.4, 0.5) is 10.1 Å². The SMILES string of the molecule is CC(C)(C)n1cc(CNc2cc(F)ccc2Br)cn1. The molecule has 1 aromatic carbocycles. The third-order valence-corrected chi connectivity index (χ3v) is 3.43. The molecular formula is C14H17BrFN3. The van der Waals surface area contributed by atoms with E-state index in [1.54, 1.807) is 6.07 Å². The minimum Gasteiger partial charge on any atom is -0.380 e. The largest absolute Gasteiger partial charge is 0.380 e. The molecule has 0 aliphatic rings. The third kappa shape index (κ3) is 3.56. The summed E-state index contributed by atoms with van der Waals surface area (Å²) in [6.07, 6.45) is 3.83. The van der Waals surface area contributed by atoms with Crippen LogP contribution < -0.4 is 5.32 Å². The lowest BCUT2D eigenvalue weighted by atomic mass is 10.1. The Morgan fingerprint density at radius 3 is 2.74 bits per heavy atom. The van der Waals surface area contributed by atoms with Crippen LogP contribution in [0, 0.1) is 5.82 Å². The highest BCUT2D eigenvalue weighted by atomic mass is 79.9. The minimum atomic E-state index is -0.254. The van der Waals surface area contributed by atoms with Crippen LogP contribution in [0.25, 0.3) is 0 Å². The van der Waals surface area contributed by atoms with E-state index in [9.17, 15) is 4.39 Å². The quantitative estimate of drug-likeness (QED) is 0.918. The number of benzene rings is 1. The maximum Gasteiger partial charge on any atom is 0.125 e. The molecule has 2 aromatic rings. The normalized spacial score (nSPS) is 11.6. The van der Waals surface area contributed by atoms with Gasteiger partial charge in [0.25, 0.3) is 0 Å². The molecule has 0 amide bonds. The zero-order chi connectivity index (χ0) is 14.0. The number of hydrogen-bond acceptors (Lipinski definition) is 2. The number of hydrogen-bond donors (Lipinski definition) is 1. The lowest BCUT2D eigenvalue weighted by molar-refractivity contribution is 0.355. The van der Waals surface area contributed by atoms with Crippen molar-refractivity contribution in [3.05, 3.63) is 46.4 Å². The highest BCUT2D eigenvalue weighted by Crippen LogP contribution is 2.23. The molecule has 0 aliphatic heterocycles. The molecule has 0 unspecified atom stereocenters. The van der Waals surface area contributed by atoms with Crippen molar-refractivity contribution in [2.45, 2.75) is 32.9 Å². The molecule has 19 heavy (non-hydrogen) atoms. The van der Waals surface area contributed by atoms with Gasteiger partial charge in [0.2, 0.25) is 0 Å². The second-order valence-corrected chi connectivity index (χ2v) is 6.30. The van der Waals surface area contributed by atoms with Crippen LogP contribution >= 0.6 is 15.9 Å². The molecule has 0 radical (unpaired) electrons. The van der Waals surface area contributed by atoms with Crippen LogP contribution in [0.1, 0.15) is 26.3 Å². The Kier molecular flexibility index (Phi) is 3.94. The van der Waals surface area contributed by atoms with E-state index in [0.717, 1.165) is 15.7 Å². The van der Waals surface area contributed by atoms with Gasteiger partial charge in [0.15, 0.2) is 0 Å². The average molecular weight is 326 g/mol. The van der Waals surface area contributed by atoms with Crippen molar-refractivity contribution >= 4 is 21.6 Å². The van der Waals surface area contributed by atoms with Gasteiger partial charge >= 0.3 is 0 Å². The monoisotopic (exact) mass is 325 g/mol. The highest BCUT2D eigenvalue weighted by Gasteiger charge is 2.13. The summed E-state index contributed by atoms with van der Waals surface area (Å²) in [7, 11) is 0. The first-order valence-corrected chi connectivity index (χ1v) is 6.88. The van der Waals surface area contributed by atoms with Crippen molar-refractivity contribution in [3.8, 4) is 0 Å². The topological polar surface area (TPSA) is 29.9 Å². The fourth-order valence-corrected chi connectivity index (χ4v) is 2.04. The number of rotatable bonds is 3. The summed E-state index contributed by atoms with van der Waals surface area (Å²) in [5, 5.41) is 7.53. The van der Waals surface area contributed by atoms with E-state index in [4.69, 9.17) is 0 Å². The van der Waals surface area contributed by atoms with Gasteiger partial charge in [0, 0.05) is 22.8 Å². The predicted octanol–water partition coefficient (Wildman–Crippen LogP) is 4.15. The Balaban J connectivity index is 2.06. The van der Waals surface area contributed by atoms with Gasteiger partial charge in [-0.15, -0.1) is 0 Å². The van der Waals surface area contributed by atoms with Gasteiger partial charge in [0.1, 0.15) is 5.82 Å². The number of nitrogens with zero attached hydrogens (tertiary/aromatic N) is 2. The van der Waals surface area contributed by atoms with E-state index in [1.165, 1.54) is 12.1 Å². The van der Waals surface area contributed by atoms with Crippen molar-refractivity contribution in [1.82, 2.24) is 9.78 Å². The zero-order valence-corrected chi connectivity index (χ0v) is 12.8. The minimum absolute atomic E-state index is 0.0301. The van der Waals surface area contributed by atoms with Crippen LogP contribution in [0.5, 0.6) is 0 Å². The summed E-state index contributed by atoms with van der Waals surface area (Å²) in [5.41, 5.74) is 1.77. The fraction of sp³-hybridized carbons (Fsp3) is 0.357. The second-order valence-electron chi connectivity index (χ2n) is 5.44. The molecule has 1 aromatic heterocycles. The standard InChI is InChI=1S/C14H17BrFN3/c1-14(2,3)19-9-10(8-18-19)7-17-13-6-11(16)4-5-12(13)15/h4-6,8-9,17H,7H2,1-3H3. The molecule has 0 fully saturated rings.